The van der Waals surface area contributed by atoms with Crippen LogP contribution in [0.5, 0.6) is 5.75 Å². The number of sulfonamides is 1. The molecule has 0 radical (unpaired) electrons. The van der Waals surface area contributed by atoms with Gasteiger partial charge in [0.2, 0.25) is 15.9 Å². The van der Waals surface area contributed by atoms with Crippen LogP contribution in [0.4, 0.5) is 5.69 Å². The van der Waals surface area contributed by atoms with Crippen LogP contribution in [0, 0.1) is 13.8 Å². The Kier molecular flexibility index (Phi) is 7.40. The maximum atomic E-state index is 13.0. The van der Waals surface area contributed by atoms with Crippen molar-refractivity contribution in [2.45, 2.75) is 33.2 Å². The van der Waals surface area contributed by atoms with Gasteiger partial charge in [-0.2, -0.15) is 0 Å². The second kappa shape index (κ2) is 10.0. The number of rotatable bonds is 9. The summed E-state index contributed by atoms with van der Waals surface area (Å²) < 4.78 is 32.4. The fraction of sp³-hybridized carbons (Fsp3) is 0.320. The molecule has 3 rings (SSSR count). The predicted molar refractivity (Wildman–Crippen MR) is 130 cm³/mol. The Bertz CT molecular complexity index is 1200. The number of amides is 1. The van der Waals surface area contributed by atoms with Gasteiger partial charge in [-0.25, -0.2) is 8.42 Å². The van der Waals surface area contributed by atoms with E-state index in [-0.39, 0.29) is 19.1 Å². The highest BCUT2D eigenvalue weighted by Gasteiger charge is 2.32. The smallest absolute Gasteiger partial charge is 0.244 e. The molecule has 0 fully saturated rings. The average molecular weight is 455 g/mol. The van der Waals surface area contributed by atoms with E-state index in [0.29, 0.717) is 12.1 Å². The molecule has 6 nitrogen and oxygen atoms in total. The molecule has 3 aromatic carbocycles. The molecule has 0 aliphatic rings. The van der Waals surface area contributed by atoms with Gasteiger partial charge >= 0.3 is 0 Å². The Morgan fingerprint density at radius 2 is 1.78 bits per heavy atom. The molecule has 0 heterocycles. The van der Waals surface area contributed by atoms with Crippen molar-refractivity contribution >= 4 is 32.4 Å². The fourth-order valence-corrected chi connectivity index (χ4v) is 5.03. The monoisotopic (exact) mass is 454 g/mol. The van der Waals surface area contributed by atoms with Gasteiger partial charge in [-0.1, -0.05) is 55.5 Å². The number of benzene rings is 3. The Balaban J connectivity index is 1.71. The number of anilines is 1. The molecule has 1 N–H and O–H groups in total. The van der Waals surface area contributed by atoms with Gasteiger partial charge in [-0.15, -0.1) is 0 Å². The number of nitrogens with zero attached hydrogens (tertiary/aromatic N) is 1. The largest absolute Gasteiger partial charge is 0.491 e. The lowest BCUT2D eigenvalue weighted by Gasteiger charge is -2.31. The van der Waals surface area contributed by atoms with E-state index in [1.807, 2.05) is 68.4 Å². The Labute approximate surface area is 190 Å². The topological polar surface area (TPSA) is 75.7 Å². The van der Waals surface area contributed by atoms with Crippen LogP contribution >= 0.6 is 0 Å². The van der Waals surface area contributed by atoms with Crippen LogP contribution in [-0.2, 0) is 14.8 Å². The van der Waals surface area contributed by atoms with E-state index in [1.54, 1.807) is 13.0 Å². The highest BCUT2D eigenvalue weighted by molar-refractivity contribution is 7.92. The van der Waals surface area contributed by atoms with Crippen LogP contribution in [0.1, 0.15) is 24.5 Å². The molecule has 0 bridgehead atoms. The van der Waals surface area contributed by atoms with Gasteiger partial charge in [-0.05, 0) is 48.9 Å². The summed E-state index contributed by atoms with van der Waals surface area (Å²) in [5.74, 6) is 0.401. The van der Waals surface area contributed by atoms with Crippen LogP contribution in [0.2, 0.25) is 0 Å². The van der Waals surface area contributed by atoms with Gasteiger partial charge in [-0.3, -0.25) is 9.10 Å². The zero-order chi connectivity index (χ0) is 23.3. The standard InChI is InChI=1S/C25H30N2O4S/c1-5-22(27(32(4,29)30)23-17-18(2)13-14-19(23)3)25(28)26-15-16-31-24-12-8-10-20-9-6-7-11-21(20)24/h6-14,17,22H,5,15-16H2,1-4H3,(H,26,28)/t22-/m1/s1. The zero-order valence-corrected chi connectivity index (χ0v) is 19.8. The summed E-state index contributed by atoms with van der Waals surface area (Å²) >= 11 is 0. The number of ether oxygens (including phenoxy) is 1. The SMILES string of the molecule is CC[C@H](C(=O)NCCOc1cccc2ccccc12)N(c1cc(C)ccc1C)S(C)(=O)=O. The van der Waals surface area contributed by atoms with Crippen LogP contribution in [0.25, 0.3) is 10.8 Å². The van der Waals surface area contributed by atoms with Crippen LogP contribution in [0.3, 0.4) is 0 Å². The van der Waals surface area contributed by atoms with Gasteiger partial charge in [0.15, 0.2) is 0 Å². The third kappa shape index (κ3) is 5.40. The van der Waals surface area contributed by atoms with Gasteiger partial charge in [0, 0.05) is 5.39 Å². The summed E-state index contributed by atoms with van der Waals surface area (Å²) in [5, 5.41) is 4.92. The maximum absolute atomic E-state index is 13.0. The second-order valence-corrected chi connectivity index (χ2v) is 9.75. The Morgan fingerprint density at radius 1 is 1.06 bits per heavy atom. The van der Waals surface area contributed by atoms with Crippen molar-refractivity contribution in [3.8, 4) is 5.75 Å². The quantitative estimate of drug-likeness (QED) is 0.492. The molecule has 0 aliphatic carbocycles. The van der Waals surface area contributed by atoms with Crippen LogP contribution in [0.15, 0.2) is 60.7 Å². The molecule has 32 heavy (non-hydrogen) atoms. The number of carbonyl (C=O) groups excluding carboxylic acids is 1. The number of carbonyl (C=O) groups is 1. The maximum Gasteiger partial charge on any atom is 0.244 e. The molecule has 1 atom stereocenters. The molecule has 0 unspecified atom stereocenters. The van der Waals surface area contributed by atoms with E-state index in [2.05, 4.69) is 5.32 Å². The summed E-state index contributed by atoms with van der Waals surface area (Å²) in [5.41, 5.74) is 2.26. The lowest BCUT2D eigenvalue weighted by molar-refractivity contribution is -0.122. The second-order valence-electron chi connectivity index (χ2n) is 7.89. The molecule has 0 saturated heterocycles. The molecule has 0 spiro atoms. The van der Waals surface area contributed by atoms with Gasteiger partial charge in [0.05, 0.1) is 18.5 Å². The molecule has 1 amide bonds. The lowest BCUT2D eigenvalue weighted by atomic mass is 10.1. The number of nitrogens with one attached hydrogen (secondary N) is 1. The van der Waals surface area contributed by atoms with E-state index < -0.39 is 16.1 Å². The first-order valence-electron chi connectivity index (χ1n) is 10.7. The highest BCUT2D eigenvalue weighted by atomic mass is 32.2. The summed E-state index contributed by atoms with van der Waals surface area (Å²) in [6, 6.07) is 18.5. The number of hydrogen-bond donors (Lipinski definition) is 1. The first kappa shape index (κ1) is 23.6. The minimum absolute atomic E-state index is 0.267. The number of aryl methyl sites for hydroxylation is 2. The molecule has 7 heteroatoms. The Hall–Kier alpha value is -3.06. The van der Waals surface area contributed by atoms with Crippen molar-refractivity contribution in [1.29, 1.82) is 0 Å². The van der Waals surface area contributed by atoms with Crippen molar-refractivity contribution in [3.05, 3.63) is 71.8 Å². The first-order valence-corrected chi connectivity index (χ1v) is 12.5. The lowest BCUT2D eigenvalue weighted by Crippen LogP contribution is -2.50. The molecular weight excluding hydrogens is 424 g/mol. The highest BCUT2D eigenvalue weighted by Crippen LogP contribution is 2.28. The molecule has 3 aromatic rings. The van der Waals surface area contributed by atoms with E-state index in [1.165, 1.54) is 4.31 Å². The Morgan fingerprint density at radius 3 is 2.50 bits per heavy atom. The normalized spacial score (nSPS) is 12.4. The summed E-state index contributed by atoms with van der Waals surface area (Å²) in [6.07, 6.45) is 1.48. The summed E-state index contributed by atoms with van der Waals surface area (Å²) in [4.78, 5) is 13.0. The van der Waals surface area contributed by atoms with E-state index in [0.717, 1.165) is 33.9 Å². The van der Waals surface area contributed by atoms with Crippen molar-refractivity contribution in [1.82, 2.24) is 5.32 Å². The van der Waals surface area contributed by atoms with Crippen molar-refractivity contribution in [2.75, 3.05) is 23.7 Å². The minimum Gasteiger partial charge on any atom is -0.491 e. The zero-order valence-electron chi connectivity index (χ0n) is 19.0. The summed E-state index contributed by atoms with van der Waals surface area (Å²) in [7, 11) is -3.67. The number of fused-ring (bicyclic) bond motifs is 1. The predicted octanol–water partition coefficient (Wildman–Crippen LogP) is 4.20. The first-order chi connectivity index (χ1) is 15.2. The van der Waals surface area contributed by atoms with Crippen molar-refractivity contribution < 1.29 is 17.9 Å². The van der Waals surface area contributed by atoms with Crippen molar-refractivity contribution in [3.63, 3.8) is 0 Å². The van der Waals surface area contributed by atoms with Gasteiger partial charge in [0.1, 0.15) is 18.4 Å². The van der Waals surface area contributed by atoms with E-state index in [4.69, 9.17) is 4.74 Å². The number of hydrogen-bond acceptors (Lipinski definition) is 4. The average Bonchev–Trinajstić information content (AvgIpc) is 2.76. The van der Waals surface area contributed by atoms with Crippen LogP contribution < -0.4 is 14.4 Å². The van der Waals surface area contributed by atoms with E-state index >= 15 is 0 Å². The third-order valence-electron chi connectivity index (χ3n) is 5.34. The van der Waals surface area contributed by atoms with E-state index in [9.17, 15) is 13.2 Å². The molecule has 0 aromatic heterocycles. The van der Waals surface area contributed by atoms with Crippen LogP contribution in [-0.4, -0.2) is 39.8 Å². The van der Waals surface area contributed by atoms with Gasteiger partial charge in [0.25, 0.3) is 0 Å². The van der Waals surface area contributed by atoms with Gasteiger partial charge < -0.3 is 10.1 Å². The molecule has 170 valence electrons. The molecular formula is C25H30N2O4S. The van der Waals surface area contributed by atoms with Crippen molar-refractivity contribution in [2.24, 2.45) is 0 Å². The molecule has 0 saturated carbocycles. The summed E-state index contributed by atoms with van der Waals surface area (Å²) in [6.45, 7) is 6.09. The minimum atomic E-state index is -3.67. The fourth-order valence-electron chi connectivity index (χ4n) is 3.77. The third-order valence-corrected chi connectivity index (χ3v) is 6.51. The molecule has 0 aliphatic heterocycles.